The van der Waals surface area contributed by atoms with Gasteiger partial charge in [-0.2, -0.15) is 5.10 Å². The summed E-state index contributed by atoms with van der Waals surface area (Å²) in [5, 5.41) is 14.5. The van der Waals surface area contributed by atoms with Gasteiger partial charge in [-0.25, -0.2) is 9.97 Å². The van der Waals surface area contributed by atoms with Crippen molar-refractivity contribution in [2.24, 2.45) is 7.05 Å². The quantitative estimate of drug-likeness (QED) is 0.884. The fourth-order valence-corrected chi connectivity index (χ4v) is 1.90. The van der Waals surface area contributed by atoms with E-state index in [2.05, 4.69) is 22.0 Å². The van der Waals surface area contributed by atoms with Gasteiger partial charge in [-0.05, 0) is 25.5 Å². The molecule has 0 aliphatic rings. The van der Waals surface area contributed by atoms with Crippen molar-refractivity contribution in [2.75, 3.05) is 0 Å². The molecule has 0 radical (unpaired) electrons. The number of aliphatic hydroxyl groups is 1. The minimum atomic E-state index is -0.619. The van der Waals surface area contributed by atoms with E-state index in [4.69, 9.17) is 0 Å². The van der Waals surface area contributed by atoms with Crippen molar-refractivity contribution in [2.45, 2.75) is 32.8 Å². The molecule has 18 heavy (non-hydrogen) atoms. The molecule has 0 amide bonds. The molecular formula is C13H18N4O. The molecule has 2 aromatic rings. The second-order valence-corrected chi connectivity index (χ2v) is 4.35. The summed E-state index contributed by atoms with van der Waals surface area (Å²) in [6, 6.07) is 3.77. The molecule has 0 fully saturated rings. The lowest BCUT2D eigenvalue weighted by Crippen LogP contribution is -2.08. The van der Waals surface area contributed by atoms with Gasteiger partial charge < -0.3 is 5.11 Å². The molecule has 96 valence electrons. The maximum absolute atomic E-state index is 10.2. The molecule has 0 aliphatic heterocycles. The smallest absolute Gasteiger partial charge is 0.125 e. The molecule has 1 N–H and O–H groups in total. The number of aromatic nitrogens is 4. The summed E-state index contributed by atoms with van der Waals surface area (Å²) < 4.78 is 1.82. The molecule has 5 heteroatoms. The van der Waals surface area contributed by atoms with E-state index in [9.17, 15) is 5.11 Å². The van der Waals surface area contributed by atoms with Crippen molar-refractivity contribution >= 4 is 0 Å². The van der Waals surface area contributed by atoms with E-state index < -0.39 is 6.10 Å². The average Bonchev–Trinajstić information content (AvgIpc) is 2.70. The van der Waals surface area contributed by atoms with Crippen LogP contribution in [0.25, 0.3) is 0 Å². The Labute approximate surface area is 107 Å². The normalized spacial score (nSPS) is 12.7. The highest BCUT2D eigenvalue weighted by atomic mass is 16.3. The van der Waals surface area contributed by atoms with Crippen LogP contribution in [0.3, 0.4) is 0 Å². The molecule has 1 unspecified atom stereocenters. The first-order valence-electron chi connectivity index (χ1n) is 6.09. The van der Waals surface area contributed by atoms with Crippen LogP contribution in [0.1, 0.15) is 35.9 Å². The predicted molar refractivity (Wildman–Crippen MR) is 68.0 cm³/mol. The van der Waals surface area contributed by atoms with Crippen molar-refractivity contribution in [3.05, 3.63) is 41.2 Å². The zero-order chi connectivity index (χ0) is 13.1. The summed E-state index contributed by atoms with van der Waals surface area (Å²) in [7, 11) is 1.90. The monoisotopic (exact) mass is 246 g/mol. The van der Waals surface area contributed by atoms with Crippen LogP contribution in [-0.2, 0) is 19.9 Å². The topological polar surface area (TPSA) is 63.8 Å². The third-order valence-electron chi connectivity index (χ3n) is 2.93. The van der Waals surface area contributed by atoms with Crippen molar-refractivity contribution in [1.29, 1.82) is 0 Å². The van der Waals surface area contributed by atoms with Gasteiger partial charge in [0.1, 0.15) is 11.9 Å². The Hall–Kier alpha value is -1.75. The van der Waals surface area contributed by atoms with E-state index in [1.807, 2.05) is 24.7 Å². The van der Waals surface area contributed by atoms with Crippen LogP contribution in [0.2, 0.25) is 0 Å². The number of aryl methyl sites for hydroxylation is 3. The van der Waals surface area contributed by atoms with Crippen LogP contribution >= 0.6 is 0 Å². The van der Waals surface area contributed by atoms with Crippen molar-refractivity contribution < 1.29 is 5.11 Å². The van der Waals surface area contributed by atoms with Crippen LogP contribution in [0.5, 0.6) is 0 Å². The van der Waals surface area contributed by atoms with Gasteiger partial charge in [0.25, 0.3) is 0 Å². The molecule has 2 heterocycles. The van der Waals surface area contributed by atoms with Crippen LogP contribution < -0.4 is 0 Å². The highest BCUT2D eigenvalue weighted by Gasteiger charge is 2.13. The van der Waals surface area contributed by atoms with Gasteiger partial charge in [0.2, 0.25) is 0 Å². The van der Waals surface area contributed by atoms with Gasteiger partial charge in [0, 0.05) is 25.4 Å². The van der Waals surface area contributed by atoms with E-state index in [0.717, 1.165) is 17.8 Å². The number of hydrogen-bond donors (Lipinski definition) is 1. The molecule has 5 nitrogen and oxygen atoms in total. The molecule has 0 aliphatic carbocycles. The summed E-state index contributed by atoms with van der Waals surface area (Å²) in [5.74, 6) is 0.672. The molecular weight excluding hydrogens is 228 g/mol. The van der Waals surface area contributed by atoms with Crippen molar-refractivity contribution in [3.63, 3.8) is 0 Å². The number of hydrogen-bond acceptors (Lipinski definition) is 4. The molecule has 0 aromatic carbocycles. The van der Waals surface area contributed by atoms with E-state index in [-0.39, 0.29) is 0 Å². The third-order valence-corrected chi connectivity index (χ3v) is 2.93. The minimum Gasteiger partial charge on any atom is -0.386 e. The minimum absolute atomic E-state index is 0.514. The molecule has 1 atom stereocenters. The lowest BCUT2D eigenvalue weighted by molar-refractivity contribution is 0.170. The van der Waals surface area contributed by atoms with Crippen LogP contribution in [0.15, 0.2) is 18.3 Å². The number of aliphatic hydroxyl groups excluding tert-OH is 1. The van der Waals surface area contributed by atoms with Gasteiger partial charge >= 0.3 is 0 Å². The average molecular weight is 246 g/mol. The zero-order valence-corrected chi connectivity index (χ0v) is 11.0. The number of rotatable bonds is 4. The molecule has 0 spiro atoms. The van der Waals surface area contributed by atoms with Crippen LogP contribution in [0.4, 0.5) is 0 Å². The summed E-state index contributed by atoms with van der Waals surface area (Å²) >= 11 is 0. The first-order chi connectivity index (χ1) is 8.60. The Morgan fingerprint density at radius 2 is 2.22 bits per heavy atom. The highest BCUT2D eigenvalue weighted by molar-refractivity contribution is 5.14. The Morgan fingerprint density at radius 3 is 2.83 bits per heavy atom. The molecule has 0 saturated carbocycles. The molecule has 0 bridgehead atoms. The fourth-order valence-electron chi connectivity index (χ4n) is 1.90. The fraction of sp³-hybridized carbons (Fsp3) is 0.462. The second kappa shape index (κ2) is 5.27. The first-order valence-corrected chi connectivity index (χ1v) is 6.09. The highest BCUT2D eigenvalue weighted by Crippen LogP contribution is 2.16. The molecule has 2 rings (SSSR count). The van der Waals surface area contributed by atoms with Gasteiger partial charge in [0.15, 0.2) is 0 Å². The Kier molecular flexibility index (Phi) is 3.72. The van der Waals surface area contributed by atoms with E-state index in [0.29, 0.717) is 17.9 Å². The standard InChI is InChI=1S/C13H18N4O/c1-4-10-7-11(17(3)16-10)8-13(18)12-5-6-14-9(2)15-12/h5-7,13,18H,4,8H2,1-3H3. The Balaban J connectivity index is 2.15. The largest absolute Gasteiger partial charge is 0.386 e. The van der Waals surface area contributed by atoms with Gasteiger partial charge in [-0.3, -0.25) is 4.68 Å². The maximum atomic E-state index is 10.2. The summed E-state index contributed by atoms with van der Waals surface area (Å²) in [6.45, 7) is 3.88. The SMILES string of the molecule is CCc1cc(CC(O)c2ccnc(C)n2)n(C)n1. The maximum Gasteiger partial charge on any atom is 0.125 e. The van der Waals surface area contributed by atoms with Crippen molar-refractivity contribution in [3.8, 4) is 0 Å². The third kappa shape index (κ3) is 2.73. The van der Waals surface area contributed by atoms with E-state index >= 15 is 0 Å². The van der Waals surface area contributed by atoms with Gasteiger partial charge in [0.05, 0.1) is 11.4 Å². The lowest BCUT2D eigenvalue weighted by atomic mass is 10.1. The summed E-state index contributed by atoms with van der Waals surface area (Å²) in [4.78, 5) is 8.26. The summed E-state index contributed by atoms with van der Waals surface area (Å²) in [6.07, 6.45) is 2.46. The van der Waals surface area contributed by atoms with Crippen molar-refractivity contribution in [1.82, 2.24) is 19.7 Å². The van der Waals surface area contributed by atoms with E-state index in [1.54, 1.807) is 12.3 Å². The summed E-state index contributed by atoms with van der Waals surface area (Å²) in [5.41, 5.74) is 2.70. The molecule has 2 aromatic heterocycles. The lowest BCUT2D eigenvalue weighted by Gasteiger charge is -2.10. The number of nitrogens with zero attached hydrogens (tertiary/aromatic N) is 4. The second-order valence-electron chi connectivity index (χ2n) is 4.35. The predicted octanol–water partition coefficient (Wildman–Crippen LogP) is 1.36. The van der Waals surface area contributed by atoms with E-state index in [1.165, 1.54) is 0 Å². The Bertz CT molecular complexity index is 536. The van der Waals surface area contributed by atoms with Gasteiger partial charge in [-0.1, -0.05) is 6.92 Å². The van der Waals surface area contributed by atoms with Gasteiger partial charge in [-0.15, -0.1) is 0 Å². The van der Waals surface area contributed by atoms with Crippen LogP contribution in [-0.4, -0.2) is 24.9 Å². The Morgan fingerprint density at radius 1 is 1.44 bits per heavy atom. The molecule has 0 saturated heterocycles. The first kappa shape index (κ1) is 12.7. The zero-order valence-electron chi connectivity index (χ0n) is 11.0. The van der Waals surface area contributed by atoms with Crippen LogP contribution in [0, 0.1) is 6.92 Å².